The van der Waals surface area contributed by atoms with Crippen molar-refractivity contribution < 1.29 is 14.7 Å². The second-order valence-corrected chi connectivity index (χ2v) is 2.50. The molecule has 0 aliphatic rings. The molecule has 0 saturated carbocycles. The van der Waals surface area contributed by atoms with E-state index in [9.17, 15) is 9.59 Å². The van der Waals surface area contributed by atoms with Crippen LogP contribution in [0.3, 0.4) is 0 Å². The molecule has 0 heterocycles. The van der Waals surface area contributed by atoms with Crippen molar-refractivity contribution in [3.8, 4) is 0 Å². The van der Waals surface area contributed by atoms with Crippen LogP contribution in [0, 0.1) is 0 Å². The molecule has 0 aromatic rings. The molecule has 0 radical (unpaired) electrons. The molecular weight excluding hydrogens is 160 g/mol. The minimum atomic E-state index is -0.544. The molecule has 0 unspecified atom stereocenters. The SMILES string of the molecule is CNC(=O)C[C@H](C)NC(=O)CO. The van der Waals surface area contributed by atoms with Crippen LogP contribution in [0.4, 0.5) is 0 Å². The van der Waals surface area contributed by atoms with Crippen molar-refractivity contribution in [2.24, 2.45) is 0 Å². The molecule has 2 amide bonds. The summed E-state index contributed by atoms with van der Waals surface area (Å²) < 4.78 is 0. The average Bonchev–Trinajstić information content (AvgIpc) is 2.03. The Kier molecular flexibility index (Phi) is 5.03. The van der Waals surface area contributed by atoms with Crippen molar-refractivity contribution in [3.05, 3.63) is 0 Å². The zero-order valence-electron chi connectivity index (χ0n) is 7.26. The normalized spacial score (nSPS) is 11.9. The van der Waals surface area contributed by atoms with Crippen LogP contribution in [0.1, 0.15) is 13.3 Å². The Morgan fingerprint density at radius 1 is 1.42 bits per heavy atom. The van der Waals surface area contributed by atoms with Gasteiger partial charge in [-0.2, -0.15) is 0 Å². The summed E-state index contributed by atoms with van der Waals surface area (Å²) in [5.74, 6) is -0.604. The van der Waals surface area contributed by atoms with Gasteiger partial charge in [-0.15, -0.1) is 0 Å². The highest BCUT2D eigenvalue weighted by Crippen LogP contribution is 1.89. The summed E-state index contributed by atoms with van der Waals surface area (Å²) in [5, 5.41) is 13.2. The molecule has 5 nitrogen and oxygen atoms in total. The predicted molar refractivity (Wildman–Crippen MR) is 43.4 cm³/mol. The van der Waals surface area contributed by atoms with Crippen molar-refractivity contribution in [3.63, 3.8) is 0 Å². The van der Waals surface area contributed by atoms with Gasteiger partial charge in [0.05, 0.1) is 0 Å². The number of aliphatic hydroxyl groups is 1. The topological polar surface area (TPSA) is 78.4 Å². The molecule has 5 heteroatoms. The summed E-state index contributed by atoms with van der Waals surface area (Å²) in [6, 6.07) is -0.246. The summed E-state index contributed by atoms with van der Waals surface area (Å²) in [6.45, 7) is 1.15. The molecule has 0 aliphatic heterocycles. The Morgan fingerprint density at radius 3 is 2.42 bits per heavy atom. The predicted octanol–water partition coefficient (Wildman–Crippen LogP) is -1.38. The molecule has 0 aliphatic carbocycles. The van der Waals surface area contributed by atoms with Crippen LogP contribution >= 0.6 is 0 Å². The van der Waals surface area contributed by atoms with E-state index in [2.05, 4.69) is 10.6 Å². The third-order valence-corrected chi connectivity index (χ3v) is 1.32. The first-order valence-electron chi connectivity index (χ1n) is 3.71. The molecule has 0 aromatic carbocycles. The molecule has 3 N–H and O–H groups in total. The van der Waals surface area contributed by atoms with Gasteiger partial charge in [0.2, 0.25) is 11.8 Å². The number of rotatable bonds is 4. The lowest BCUT2D eigenvalue weighted by atomic mass is 10.2. The Balaban J connectivity index is 3.66. The average molecular weight is 174 g/mol. The highest BCUT2D eigenvalue weighted by Gasteiger charge is 2.09. The molecule has 0 rings (SSSR count). The minimum Gasteiger partial charge on any atom is -0.387 e. The van der Waals surface area contributed by atoms with E-state index in [4.69, 9.17) is 5.11 Å². The van der Waals surface area contributed by atoms with Crippen LogP contribution in [0.5, 0.6) is 0 Å². The maximum Gasteiger partial charge on any atom is 0.245 e. The van der Waals surface area contributed by atoms with E-state index in [1.807, 2.05) is 0 Å². The standard InChI is InChI=1S/C7H14N2O3/c1-5(3-6(11)8-2)9-7(12)4-10/h5,10H,3-4H2,1-2H3,(H,8,11)(H,9,12)/t5-/m0/s1. The first-order chi connectivity index (χ1) is 5.60. The smallest absolute Gasteiger partial charge is 0.245 e. The van der Waals surface area contributed by atoms with Crippen LogP contribution in [-0.2, 0) is 9.59 Å². The van der Waals surface area contributed by atoms with Crippen molar-refractivity contribution in [2.75, 3.05) is 13.7 Å². The van der Waals surface area contributed by atoms with E-state index in [1.54, 1.807) is 6.92 Å². The van der Waals surface area contributed by atoms with Gasteiger partial charge < -0.3 is 15.7 Å². The lowest BCUT2D eigenvalue weighted by molar-refractivity contribution is -0.125. The van der Waals surface area contributed by atoms with E-state index < -0.39 is 12.5 Å². The summed E-state index contributed by atoms with van der Waals surface area (Å²) in [5.41, 5.74) is 0. The number of carbonyl (C=O) groups excluding carboxylic acids is 2. The van der Waals surface area contributed by atoms with Crippen molar-refractivity contribution in [2.45, 2.75) is 19.4 Å². The first-order valence-corrected chi connectivity index (χ1v) is 3.71. The number of carbonyl (C=O) groups is 2. The summed E-state index contributed by atoms with van der Waals surface area (Å²) >= 11 is 0. The van der Waals surface area contributed by atoms with Gasteiger partial charge in [0, 0.05) is 19.5 Å². The quantitative estimate of drug-likeness (QED) is 0.491. The molecule has 0 bridgehead atoms. The van der Waals surface area contributed by atoms with Gasteiger partial charge in [-0.1, -0.05) is 0 Å². The van der Waals surface area contributed by atoms with Crippen LogP contribution < -0.4 is 10.6 Å². The van der Waals surface area contributed by atoms with Crippen LogP contribution in [0.15, 0.2) is 0 Å². The Bertz CT molecular complexity index is 152. The van der Waals surface area contributed by atoms with Gasteiger partial charge in [-0.05, 0) is 6.92 Å². The number of aliphatic hydroxyl groups excluding tert-OH is 1. The number of hydrogen-bond acceptors (Lipinski definition) is 3. The number of amides is 2. The summed E-state index contributed by atoms with van der Waals surface area (Å²) in [7, 11) is 1.53. The third-order valence-electron chi connectivity index (χ3n) is 1.32. The lowest BCUT2D eigenvalue weighted by Gasteiger charge is -2.11. The van der Waals surface area contributed by atoms with E-state index in [-0.39, 0.29) is 18.4 Å². The van der Waals surface area contributed by atoms with Crippen molar-refractivity contribution >= 4 is 11.8 Å². The maximum atomic E-state index is 10.8. The van der Waals surface area contributed by atoms with Gasteiger partial charge in [-0.25, -0.2) is 0 Å². The fraction of sp³-hybridized carbons (Fsp3) is 0.714. The Hall–Kier alpha value is -1.10. The zero-order valence-corrected chi connectivity index (χ0v) is 7.26. The van der Waals surface area contributed by atoms with E-state index in [1.165, 1.54) is 7.05 Å². The third kappa shape index (κ3) is 4.68. The van der Waals surface area contributed by atoms with Gasteiger partial charge in [0.1, 0.15) is 6.61 Å². The van der Waals surface area contributed by atoms with Crippen LogP contribution in [0.25, 0.3) is 0 Å². The number of hydrogen-bond donors (Lipinski definition) is 3. The Labute approximate surface area is 71.1 Å². The van der Waals surface area contributed by atoms with Gasteiger partial charge in [-0.3, -0.25) is 9.59 Å². The van der Waals surface area contributed by atoms with E-state index in [0.29, 0.717) is 0 Å². The van der Waals surface area contributed by atoms with E-state index >= 15 is 0 Å². The molecule has 0 saturated heterocycles. The molecule has 70 valence electrons. The van der Waals surface area contributed by atoms with Crippen LogP contribution in [-0.4, -0.2) is 36.6 Å². The van der Waals surface area contributed by atoms with Gasteiger partial charge >= 0.3 is 0 Å². The fourth-order valence-corrected chi connectivity index (χ4v) is 0.752. The maximum absolute atomic E-state index is 10.8. The van der Waals surface area contributed by atoms with Crippen molar-refractivity contribution in [1.82, 2.24) is 10.6 Å². The summed E-state index contributed by atoms with van der Waals surface area (Å²) in [4.78, 5) is 21.4. The molecule has 12 heavy (non-hydrogen) atoms. The van der Waals surface area contributed by atoms with Gasteiger partial charge in [0.25, 0.3) is 0 Å². The second kappa shape index (κ2) is 5.54. The highest BCUT2D eigenvalue weighted by atomic mass is 16.3. The zero-order chi connectivity index (χ0) is 9.56. The largest absolute Gasteiger partial charge is 0.387 e. The van der Waals surface area contributed by atoms with Crippen LogP contribution in [0.2, 0.25) is 0 Å². The summed E-state index contributed by atoms with van der Waals surface area (Å²) in [6.07, 6.45) is 0.224. The molecule has 0 aromatic heterocycles. The molecule has 1 atom stereocenters. The molecule has 0 spiro atoms. The minimum absolute atomic E-state index is 0.138. The molecule has 0 fully saturated rings. The Morgan fingerprint density at radius 2 is 2.00 bits per heavy atom. The second-order valence-electron chi connectivity index (χ2n) is 2.50. The lowest BCUT2D eigenvalue weighted by Crippen LogP contribution is -2.37. The van der Waals surface area contributed by atoms with E-state index in [0.717, 1.165) is 0 Å². The highest BCUT2D eigenvalue weighted by molar-refractivity contribution is 5.79. The van der Waals surface area contributed by atoms with Gasteiger partial charge in [0.15, 0.2) is 0 Å². The van der Waals surface area contributed by atoms with Crippen molar-refractivity contribution in [1.29, 1.82) is 0 Å². The first kappa shape index (κ1) is 10.9. The molecular formula is C7H14N2O3. The fourth-order valence-electron chi connectivity index (χ4n) is 0.752. The number of nitrogens with one attached hydrogen (secondary N) is 2. The monoisotopic (exact) mass is 174 g/mol.